The Bertz CT molecular complexity index is 245. The first-order valence-electron chi connectivity index (χ1n) is 4.56. The minimum Gasteiger partial charge on any atom is -0.491 e. The van der Waals surface area contributed by atoms with E-state index in [2.05, 4.69) is 11.9 Å². The van der Waals surface area contributed by atoms with E-state index in [1.54, 1.807) is 0 Å². The Morgan fingerprint density at radius 3 is 2.83 bits per heavy atom. The van der Waals surface area contributed by atoms with Crippen molar-refractivity contribution in [3.05, 3.63) is 11.5 Å². The third kappa shape index (κ3) is 0.698. The fourth-order valence-corrected chi connectivity index (χ4v) is 2.05. The molecule has 0 aromatic carbocycles. The molecule has 2 fully saturated rings. The molecule has 0 N–H and O–H groups in total. The lowest BCUT2D eigenvalue weighted by Crippen LogP contribution is -2.52. The average Bonchev–Trinajstić information content (AvgIpc) is 2.00. The molecule has 0 spiro atoms. The maximum Gasteiger partial charge on any atom is 0.144 e. The fraction of sp³-hybridized carbons (Fsp3) is 0.778. The summed E-state index contributed by atoms with van der Waals surface area (Å²) < 4.78 is 11.0. The van der Waals surface area contributed by atoms with E-state index >= 15 is 0 Å². The van der Waals surface area contributed by atoms with Crippen LogP contribution in [-0.4, -0.2) is 37.3 Å². The fourth-order valence-electron chi connectivity index (χ4n) is 2.05. The molecule has 0 aromatic rings. The second-order valence-corrected chi connectivity index (χ2v) is 3.74. The Morgan fingerprint density at radius 2 is 2.33 bits per heavy atom. The van der Waals surface area contributed by atoms with Crippen LogP contribution in [0.25, 0.3) is 0 Å². The van der Waals surface area contributed by atoms with Crippen molar-refractivity contribution in [1.82, 2.24) is 4.90 Å². The van der Waals surface area contributed by atoms with Gasteiger partial charge in [0.1, 0.15) is 18.5 Å². The number of ether oxygens (including phenoxy) is 2. The van der Waals surface area contributed by atoms with Gasteiger partial charge >= 0.3 is 0 Å². The van der Waals surface area contributed by atoms with Gasteiger partial charge in [0.2, 0.25) is 0 Å². The van der Waals surface area contributed by atoms with Crippen molar-refractivity contribution >= 4 is 0 Å². The monoisotopic (exact) mass is 167 g/mol. The van der Waals surface area contributed by atoms with E-state index in [-0.39, 0.29) is 6.10 Å². The first-order chi connectivity index (χ1) is 5.86. The minimum atomic E-state index is 0.281. The zero-order valence-corrected chi connectivity index (χ0v) is 7.25. The van der Waals surface area contributed by atoms with Crippen LogP contribution in [0.5, 0.6) is 0 Å². The molecular formula is C9H13NO2. The number of hydrogen-bond acceptors (Lipinski definition) is 3. The van der Waals surface area contributed by atoms with Gasteiger partial charge in [0.15, 0.2) is 0 Å². The first-order valence-corrected chi connectivity index (χ1v) is 4.56. The second-order valence-electron chi connectivity index (χ2n) is 3.74. The van der Waals surface area contributed by atoms with Crippen molar-refractivity contribution in [3.63, 3.8) is 0 Å². The van der Waals surface area contributed by atoms with Crippen LogP contribution in [0.1, 0.15) is 12.8 Å². The van der Waals surface area contributed by atoms with Gasteiger partial charge in [0.05, 0.1) is 18.3 Å². The summed E-state index contributed by atoms with van der Waals surface area (Å²) in [5, 5.41) is 0. The molecule has 4 heterocycles. The van der Waals surface area contributed by atoms with Crippen molar-refractivity contribution in [2.75, 3.05) is 20.3 Å². The van der Waals surface area contributed by atoms with E-state index in [1.165, 1.54) is 12.1 Å². The average molecular weight is 167 g/mol. The highest BCUT2D eigenvalue weighted by atomic mass is 16.6. The van der Waals surface area contributed by atoms with Gasteiger partial charge in [0.25, 0.3) is 0 Å². The molecule has 0 saturated carbocycles. The summed E-state index contributed by atoms with van der Waals surface area (Å²) in [6.45, 7) is 1.76. The standard InChI is InChI=1S/C9H13NO2/c1-10-6-4-7(10)9(12-5-6)8-2-3-11-8/h6,8H,2-5H2,1H3. The van der Waals surface area contributed by atoms with E-state index in [4.69, 9.17) is 9.47 Å². The molecule has 0 aliphatic carbocycles. The Labute approximate surface area is 71.9 Å². The van der Waals surface area contributed by atoms with Gasteiger partial charge in [-0.25, -0.2) is 0 Å². The van der Waals surface area contributed by atoms with Gasteiger partial charge in [-0.3, -0.25) is 0 Å². The molecular weight excluding hydrogens is 154 g/mol. The van der Waals surface area contributed by atoms with E-state index in [0.717, 1.165) is 25.4 Å². The maximum atomic E-state index is 5.63. The lowest BCUT2D eigenvalue weighted by atomic mass is 9.93. The van der Waals surface area contributed by atoms with Gasteiger partial charge in [-0.1, -0.05) is 0 Å². The summed E-state index contributed by atoms with van der Waals surface area (Å²) >= 11 is 0. The van der Waals surface area contributed by atoms with Crippen LogP contribution >= 0.6 is 0 Å². The summed E-state index contributed by atoms with van der Waals surface area (Å²) in [5.74, 6) is 1.12. The summed E-state index contributed by atoms with van der Waals surface area (Å²) in [4.78, 5) is 2.32. The molecule has 2 bridgehead atoms. The van der Waals surface area contributed by atoms with Crippen molar-refractivity contribution in [2.45, 2.75) is 25.0 Å². The Hall–Kier alpha value is -0.700. The molecule has 0 aromatic heterocycles. The zero-order chi connectivity index (χ0) is 8.13. The van der Waals surface area contributed by atoms with E-state index in [0.29, 0.717) is 6.04 Å². The molecule has 3 heteroatoms. The third-order valence-electron chi connectivity index (χ3n) is 3.11. The van der Waals surface area contributed by atoms with E-state index < -0.39 is 0 Å². The Kier molecular flexibility index (Phi) is 1.22. The Morgan fingerprint density at radius 1 is 1.50 bits per heavy atom. The highest BCUT2D eigenvalue weighted by Gasteiger charge is 2.41. The van der Waals surface area contributed by atoms with Gasteiger partial charge in [-0.2, -0.15) is 0 Å². The summed E-state index contributed by atoms with van der Waals surface area (Å²) in [7, 11) is 2.14. The summed E-state index contributed by atoms with van der Waals surface area (Å²) in [6, 6.07) is 0.642. The van der Waals surface area contributed by atoms with Crippen LogP contribution < -0.4 is 0 Å². The SMILES string of the molecule is CN1C2=C(C3CCO3)OCC1C2. The zero-order valence-electron chi connectivity index (χ0n) is 7.25. The number of rotatable bonds is 1. The number of hydrogen-bond donors (Lipinski definition) is 0. The number of likely N-dealkylation sites (N-methyl/N-ethyl adjacent to an activating group) is 1. The number of fused-ring (bicyclic) bond motifs is 2. The lowest BCUT2D eigenvalue weighted by Gasteiger charge is -2.49. The highest BCUT2D eigenvalue weighted by Crippen LogP contribution is 2.39. The van der Waals surface area contributed by atoms with Crippen LogP contribution in [0.2, 0.25) is 0 Å². The van der Waals surface area contributed by atoms with Crippen molar-refractivity contribution in [1.29, 1.82) is 0 Å². The predicted octanol–water partition coefficient (Wildman–Crippen LogP) is 0.721. The highest BCUT2D eigenvalue weighted by molar-refractivity contribution is 5.25. The lowest BCUT2D eigenvalue weighted by molar-refractivity contribution is -0.0857. The number of nitrogens with zero attached hydrogens (tertiary/aromatic N) is 1. The molecule has 12 heavy (non-hydrogen) atoms. The Balaban J connectivity index is 1.87. The molecule has 2 atom stereocenters. The molecule has 4 aliphatic heterocycles. The molecule has 0 amide bonds. The molecule has 4 rings (SSSR count). The van der Waals surface area contributed by atoms with Gasteiger partial charge in [0, 0.05) is 19.9 Å². The van der Waals surface area contributed by atoms with Crippen molar-refractivity contribution < 1.29 is 9.47 Å². The van der Waals surface area contributed by atoms with Crippen molar-refractivity contribution in [3.8, 4) is 0 Å². The smallest absolute Gasteiger partial charge is 0.144 e. The van der Waals surface area contributed by atoms with Gasteiger partial charge < -0.3 is 14.4 Å². The van der Waals surface area contributed by atoms with Crippen molar-refractivity contribution in [2.24, 2.45) is 0 Å². The summed E-state index contributed by atoms with van der Waals surface area (Å²) in [6.07, 6.45) is 2.62. The van der Waals surface area contributed by atoms with Crippen LogP contribution in [0.15, 0.2) is 11.5 Å². The third-order valence-corrected chi connectivity index (χ3v) is 3.11. The largest absolute Gasteiger partial charge is 0.491 e. The second kappa shape index (κ2) is 2.16. The van der Waals surface area contributed by atoms with Gasteiger partial charge in [-0.05, 0) is 0 Å². The topological polar surface area (TPSA) is 21.7 Å². The van der Waals surface area contributed by atoms with E-state index in [1.807, 2.05) is 0 Å². The van der Waals surface area contributed by atoms with Gasteiger partial charge in [-0.15, -0.1) is 0 Å². The minimum absolute atomic E-state index is 0.281. The molecule has 4 aliphatic rings. The first kappa shape index (κ1) is 6.78. The quantitative estimate of drug-likeness (QED) is 0.574. The molecule has 2 unspecified atom stereocenters. The van der Waals surface area contributed by atoms with Crippen LogP contribution in [0.3, 0.4) is 0 Å². The molecule has 0 radical (unpaired) electrons. The summed E-state index contributed by atoms with van der Waals surface area (Å²) in [5.41, 5.74) is 1.37. The predicted molar refractivity (Wildman–Crippen MR) is 43.5 cm³/mol. The maximum absolute atomic E-state index is 5.63. The normalized spacial score (nSPS) is 38.6. The van der Waals surface area contributed by atoms with Crippen LogP contribution in [0.4, 0.5) is 0 Å². The molecule has 2 saturated heterocycles. The molecule has 3 nitrogen and oxygen atoms in total. The van der Waals surface area contributed by atoms with Crippen LogP contribution in [0, 0.1) is 0 Å². The van der Waals surface area contributed by atoms with E-state index in [9.17, 15) is 0 Å². The van der Waals surface area contributed by atoms with Crippen LogP contribution in [-0.2, 0) is 9.47 Å². The molecule has 66 valence electrons.